The van der Waals surface area contributed by atoms with Gasteiger partial charge in [-0.25, -0.2) is 4.79 Å². The maximum absolute atomic E-state index is 13.3. The van der Waals surface area contributed by atoms with Crippen LogP contribution in [0.25, 0.3) is 0 Å². The Hall–Kier alpha value is -2.16. The van der Waals surface area contributed by atoms with Crippen molar-refractivity contribution in [3.05, 3.63) is 0 Å². The number of rotatable bonds is 65. The Morgan fingerprint density at radius 1 is 0.358 bits per heavy atom. The molecule has 0 aromatic heterocycles. The summed E-state index contributed by atoms with van der Waals surface area (Å²) in [6.45, 7) is 1.30. The largest absolute Gasteiger partial charge is 0.463 e. The molecule has 1 aliphatic heterocycles. The molecule has 0 spiro atoms. The Balaban J connectivity index is 2.39. The number of ether oxygens (including phenoxy) is 4. The average molecular weight is 1150 g/mol. The summed E-state index contributed by atoms with van der Waals surface area (Å²) in [6.07, 6.45) is 64.3. The zero-order valence-electron chi connectivity index (χ0n) is 56.3. The first-order valence-corrected chi connectivity index (χ1v) is 35.6. The summed E-state index contributed by atoms with van der Waals surface area (Å²) in [5.74, 6) is -2.41. The van der Waals surface area contributed by atoms with E-state index in [4.69, 9.17) is 23.1 Å². The highest BCUT2D eigenvalue weighted by atomic mass is 16.7. The summed E-state index contributed by atoms with van der Waals surface area (Å²) in [5, 5.41) is 11.2. The molecule has 1 rings (SSSR count). The maximum atomic E-state index is 13.3. The summed E-state index contributed by atoms with van der Waals surface area (Å²) in [5.41, 5.74) is 0. The third-order valence-corrected chi connectivity index (χ3v) is 17.1. The van der Waals surface area contributed by atoms with Gasteiger partial charge in [-0.1, -0.05) is 367 Å². The molecule has 1 N–H and O–H groups in total. The molecule has 81 heavy (non-hydrogen) atoms. The fourth-order valence-electron chi connectivity index (χ4n) is 11.7. The summed E-state index contributed by atoms with van der Waals surface area (Å²) in [4.78, 5) is 52.4. The summed E-state index contributed by atoms with van der Waals surface area (Å²) < 4.78 is 44.2. The number of carbonyl (C=O) groups excluding carboxylic acids is 4. The van der Waals surface area contributed by atoms with Gasteiger partial charge in [-0.2, -0.15) is 0 Å². The van der Waals surface area contributed by atoms with Gasteiger partial charge in [-0.05, 0) is 19.3 Å². The van der Waals surface area contributed by atoms with Gasteiger partial charge in [0.25, 0.3) is 0 Å². The van der Waals surface area contributed by atoms with Crippen LogP contribution in [-0.4, -0.2) is 60.0 Å². The second-order valence-corrected chi connectivity index (χ2v) is 24.9. The molecule has 4 atom stereocenters. The molecule has 0 bridgehead atoms. The van der Waals surface area contributed by atoms with Gasteiger partial charge < -0.3 is 24.1 Å². The Bertz CT molecular complexity index is 1440. The van der Waals surface area contributed by atoms with Crippen molar-refractivity contribution in [2.24, 2.45) is 0 Å². The first-order chi connectivity index (χ1) is 41.3. The standard InChI is InChI=1S/C72H136O9/c1-4-7-10-13-16-19-22-25-28-31-34-37-40-43-46-49-52-55-58-61-66(74)78-64-65(73)69-70(79-67(75)62-59-56-53-50-47-44-41-38-35-32-29-26-23-20-17-14-11-8-5-2)71(72(77)81-69)80-68(76)63-60-57-54-51-48-45-42-39-36-33-30-27-24-21-18-15-12-9-6-3/h65,69-71,73H,4-64H2,1-3H3/t65-,69-,70+,71-/m1/s1/i1D,2D,3D. The summed E-state index contributed by atoms with van der Waals surface area (Å²) in [7, 11) is 0. The number of esters is 4. The van der Waals surface area contributed by atoms with E-state index in [-0.39, 0.29) is 19.3 Å². The van der Waals surface area contributed by atoms with E-state index in [9.17, 15) is 24.3 Å². The lowest BCUT2D eigenvalue weighted by molar-refractivity contribution is -0.171. The van der Waals surface area contributed by atoms with Crippen molar-refractivity contribution >= 4 is 23.9 Å². The van der Waals surface area contributed by atoms with Crippen LogP contribution >= 0.6 is 0 Å². The lowest BCUT2D eigenvalue weighted by Gasteiger charge is -2.24. The molecule has 0 aromatic rings. The summed E-state index contributed by atoms with van der Waals surface area (Å²) >= 11 is 0. The van der Waals surface area contributed by atoms with E-state index in [0.29, 0.717) is 40.0 Å². The number of hydrogen-bond acceptors (Lipinski definition) is 9. The van der Waals surface area contributed by atoms with Gasteiger partial charge in [0.2, 0.25) is 6.10 Å². The van der Waals surface area contributed by atoms with Gasteiger partial charge in [0.15, 0.2) is 12.2 Å². The van der Waals surface area contributed by atoms with Gasteiger partial charge in [0.1, 0.15) is 12.7 Å². The zero-order chi connectivity index (χ0) is 60.7. The minimum Gasteiger partial charge on any atom is -0.463 e. The Kier molecular flexibility index (Phi) is 53.7. The van der Waals surface area contributed by atoms with Gasteiger partial charge in [-0.15, -0.1) is 0 Å². The minimum absolute atomic E-state index is 0.133. The van der Waals surface area contributed by atoms with Gasteiger partial charge in [0.05, 0.1) is 0 Å². The van der Waals surface area contributed by atoms with E-state index in [2.05, 4.69) is 0 Å². The molecule has 0 saturated carbocycles. The molecule has 1 fully saturated rings. The number of cyclic esters (lactones) is 1. The molecule has 478 valence electrons. The van der Waals surface area contributed by atoms with Gasteiger partial charge >= 0.3 is 23.9 Å². The Morgan fingerprint density at radius 3 is 0.840 bits per heavy atom. The molecule has 0 aliphatic carbocycles. The van der Waals surface area contributed by atoms with Crippen molar-refractivity contribution in [2.75, 3.05) is 6.61 Å². The predicted molar refractivity (Wildman–Crippen MR) is 341 cm³/mol. The maximum Gasteiger partial charge on any atom is 0.352 e. The van der Waals surface area contributed by atoms with Crippen LogP contribution in [-0.2, 0) is 38.1 Å². The molecule has 0 aromatic carbocycles. The van der Waals surface area contributed by atoms with Crippen LogP contribution in [0.15, 0.2) is 0 Å². The molecule has 1 saturated heterocycles. The van der Waals surface area contributed by atoms with Crippen LogP contribution in [0.1, 0.15) is 410 Å². The lowest BCUT2D eigenvalue weighted by atomic mass is 10.0. The van der Waals surface area contributed by atoms with Crippen LogP contribution < -0.4 is 0 Å². The highest BCUT2D eigenvalue weighted by Gasteiger charge is 2.53. The molecule has 9 heteroatoms. The number of hydrogen-bond donors (Lipinski definition) is 1. The minimum atomic E-state index is -1.49. The second-order valence-electron chi connectivity index (χ2n) is 24.9. The van der Waals surface area contributed by atoms with Gasteiger partial charge in [-0.3, -0.25) is 14.4 Å². The second kappa shape index (κ2) is 60.9. The molecule has 0 amide bonds. The van der Waals surface area contributed by atoms with Crippen LogP contribution in [0.2, 0.25) is 0 Å². The fraction of sp³-hybridized carbons (Fsp3) is 0.944. The normalized spacial score (nSPS) is 16.0. The molecule has 0 radical (unpaired) electrons. The lowest BCUT2D eigenvalue weighted by Crippen LogP contribution is -2.45. The first-order valence-electron chi connectivity index (χ1n) is 37.8. The Morgan fingerprint density at radius 2 is 0.580 bits per heavy atom. The van der Waals surface area contributed by atoms with Crippen molar-refractivity contribution in [1.29, 1.82) is 0 Å². The smallest absolute Gasteiger partial charge is 0.352 e. The third-order valence-electron chi connectivity index (χ3n) is 17.1. The van der Waals surface area contributed by atoms with Crippen LogP contribution in [0, 0.1) is 0 Å². The van der Waals surface area contributed by atoms with Crippen molar-refractivity contribution in [3.63, 3.8) is 0 Å². The molecule has 1 aliphatic rings. The van der Waals surface area contributed by atoms with E-state index in [0.717, 1.165) is 77.0 Å². The quantitative estimate of drug-likeness (QED) is 0.0360. The Labute approximate surface area is 506 Å². The number of unbranched alkanes of at least 4 members (excludes halogenated alkanes) is 54. The number of carbonyl (C=O) groups is 4. The van der Waals surface area contributed by atoms with Gasteiger partial charge in [0, 0.05) is 23.4 Å². The van der Waals surface area contributed by atoms with E-state index < -0.39 is 54.9 Å². The van der Waals surface area contributed by atoms with E-state index in [1.54, 1.807) is 0 Å². The monoisotopic (exact) mass is 1150 g/mol. The van der Waals surface area contributed by atoms with Crippen molar-refractivity contribution < 1.29 is 47.3 Å². The molecule has 1 heterocycles. The fourth-order valence-corrected chi connectivity index (χ4v) is 11.7. The number of aliphatic hydroxyl groups is 1. The summed E-state index contributed by atoms with van der Waals surface area (Å²) in [6, 6.07) is 0. The first kappa shape index (κ1) is 71.3. The topological polar surface area (TPSA) is 125 Å². The van der Waals surface area contributed by atoms with Crippen LogP contribution in [0.5, 0.6) is 0 Å². The predicted octanol–water partition coefficient (Wildman–Crippen LogP) is 22.1. The van der Waals surface area contributed by atoms with E-state index in [1.165, 1.54) is 270 Å². The van der Waals surface area contributed by atoms with Crippen molar-refractivity contribution in [2.45, 2.75) is 430 Å². The zero-order valence-corrected chi connectivity index (χ0v) is 53.3. The molecular formula is C72H136O9. The van der Waals surface area contributed by atoms with E-state index in [1.807, 2.05) is 0 Å². The SMILES string of the molecule is [2H]CCCCCCCCCCCCCCCCCCCCCC(=O)OC[C@@H](O)[C@H]1OC(=O)[C@H](OC(=O)CCCCCCCCCCCCCCCCCCCCC[2H])[C@H]1OC(=O)CCCCCCCCCCCCCCCCCCCCC[2H]. The average Bonchev–Trinajstić information content (AvgIpc) is 3.24. The highest BCUT2D eigenvalue weighted by Crippen LogP contribution is 2.28. The highest BCUT2D eigenvalue weighted by molar-refractivity contribution is 5.83. The number of aliphatic hydroxyl groups excluding tert-OH is 1. The molecule has 9 nitrogen and oxygen atoms in total. The third kappa shape index (κ3) is 50.8. The molecule has 0 unspecified atom stereocenters. The van der Waals surface area contributed by atoms with Crippen LogP contribution in [0.4, 0.5) is 0 Å². The van der Waals surface area contributed by atoms with Crippen LogP contribution in [0.3, 0.4) is 0 Å². The van der Waals surface area contributed by atoms with E-state index >= 15 is 0 Å². The van der Waals surface area contributed by atoms with Crippen molar-refractivity contribution in [3.8, 4) is 0 Å². The van der Waals surface area contributed by atoms with Crippen molar-refractivity contribution in [1.82, 2.24) is 0 Å². The molecular weight excluding hydrogens is 1010 g/mol.